The number of aromatic nitrogens is 2. The second-order valence-corrected chi connectivity index (χ2v) is 6.14. The van der Waals surface area contributed by atoms with E-state index >= 15 is 0 Å². The monoisotopic (exact) mass is 318 g/mol. The van der Waals surface area contributed by atoms with Gasteiger partial charge in [0, 0.05) is 30.2 Å². The molecule has 116 valence electrons. The highest BCUT2D eigenvalue weighted by molar-refractivity contribution is 7.09. The second-order valence-electron chi connectivity index (χ2n) is 5.11. The molecule has 1 aliphatic rings. The van der Waals surface area contributed by atoms with Crippen molar-refractivity contribution in [2.24, 2.45) is 0 Å². The van der Waals surface area contributed by atoms with Gasteiger partial charge in [-0.1, -0.05) is 6.07 Å². The molecule has 7 heteroatoms. The van der Waals surface area contributed by atoms with Crippen molar-refractivity contribution < 1.29 is 9.53 Å². The van der Waals surface area contributed by atoms with E-state index in [0.717, 1.165) is 6.42 Å². The van der Waals surface area contributed by atoms with E-state index in [9.17, 15) is 4.79 Å². The van der Waals surface area contributed by atoms with E-state index < -0.39 is 0 Å². The molecule has 1 saturated heterocycles. The molecule has 3 rings (SSSR count). The molecule has 0 spiro atoms. The third-order valence-electron chi connectivity index (χ3n) is 3.65. The lowest BCUT2D eigenvalue weighted by molar-refractivity contribution is -0.139. The van der Waals surface area contributed by atoms with Gasteiger partial charge in [-0.2, -0.15) is 0 Å². The zero-order valence-corrected chi connectivity index (χ0v) is 13.0. The lowest BCUT2D eigenvalue weighted by Crippen LogP contribution is -2.42. The number of aryl methyl sites for hydroxylation is 1. The van der Waals surface area contributed by atoms with E-state index in [1.54, 1.807) is 23.7 Å². The third kappa shape index (κ3) is 3.42. The molecule has 2 aromatic heterocycles. The van der Waals surface area contributed by atoms with Crippen LogP contribution in [-0.2, 0) is 16.0 Å². The van der Waals surface area contributed by atoms with Crippen molar-refractivity contribution in [2.75, 3.05) is 25.4 Å². The summed E-state index contributed by atoms with van der Waals surface area (Å²) in [5.74, 6) is 0.504. The van der Waals surface area contributed by atoms with Crippen molar-refractivity contribution in [1.29, 1.82) is 0 Å². The summed E-state index contributed by atoms with van der Waals surface area (Å²) in [4.78, 5) is 23.7. The minimum Gasteiger partial charge on any atom is -0.382 e. The van der Waals surface area contributed by atoms with Gasteiger partial charge in [-0.25, -0.2) is 4.98 Å². The number of rotatable bonds is 4. The molecule has 1 aliphatic heterocycles. The number of anilines is 1. The molecule has 0 aromatic carbocycles. The molecule has 0 unspecified atom stereocenters. The highest BCUT2D eigenvalue weighted by Crippen LogP contribution is 2.24. The Labute approximate surface area is 132 Å². The Morgan fingerprint density at radius 3 is 3.09 bits per heavy atom. The first-order valence-electron chi connectivity index (χ1n) is 7.22. The Morgan fingerprint density at radius 2 is 2.32 bits per heavy atom. The minimum atomic E-state index is -0.298. The summed E-state index contributed by atoms with van der Waals surface area (Å²) in [5, 5.41) is 2.03. The van der Waals surface area contributed by atoms with Gasteiger partial charge >= 0.3 is 0 Å². The number of nitrogen functional groups attached to an aromatic ring is 1. The predicted octanol–water partition coefficient (Wildman–Crippen LogP) is 1.65. The van der Waals surface area contributed by atoms with E-state index in [1.165, 1.54) is 4.88 Å². The molecular weight excluding hydrogens is 300 g/mol. The van der Waals surface area contributed by atoms with Crippen molar-refractivity contribution in [3.8, 4) is 0 Å². The molecule has 1 fully saturated rings. The van der Waals surface area contributed by atoms with E-state index in [0.29, 0.717) is 37.6 Å². The van der Waals surface area contributed by atoms with Gasteiger partial charge in [0.2, 0.25) is 5.91 Å². The van der Waals surface area contributed by atoms with Crippen molar-refractivity contribution in [3.63, 3.8) is 0 Å². The fourth-order valence-corrected chi connectivity index (χ4v) is 3.20. The number of ether oxygens (including phenoxy) is 1. The van der Waals surface area contributed by atoms with Crippen molar-refractivity contribution in [2.45, 2.75) is 18.9 Å². The summed E-state index contributed by atoms with van der Waals surface area (Å²) in [6.45, 7) is 1.58. The Bertz CT molecular complexity index is 632. The maximum Gasteiger partial charge on any atom is 0.223 e. The number of carbonyl (C=O) groups excluding carboxylic acids is 1. The van der Waals surface area contributed by atoms with Gasteiger partial charge in [0.05, 0.1) is 13.2 Å². The Kier molecular flexibility index (Phi) is 4.65. The van der Waals surface area contributed by atoms with Crippen molar-refractivity contribution in [3.05, 3.63) is 40.5 Å². The zero-order valence-electron chi connectivity index (χ0n) is 12.1. The average molecular weight is 318 g/mol. The summed E-state index contributed by atoms with van der Waals surface area (Å²) < 4.78 is 5.70. The second kappa shape index (κ2) is 6.85. The molecular formula is C15H18N4O2S. The van der Waals surface area contributed by atoms with Gasteiger partial charge in [0.25, 0.3) is 0 Å². The molecule has 2 N–H and O–H groups in total. The lowest BCUT2D eigenvalue weighted by atomic mass is 10.1. The topological polar surface area (TPSA) is 81.3 Å². The van der Waals surface area contributed by atoms with Gasteiger partial charge in [-0.05, 0) is 17.9 Å². The van der Waals surface area contributed by atoms with Gasteiger partial charge < -0.3 is 15.4 Å². The average Bonchev–Trinajstić information content (AvgIpc) is 3.06. The van der Waals surface area contributed by atoms with E-state index in [1.807, 2.05) is 16.3 Å². The van der Waals surface area contributed by atoms with Crippen LogP contribution >= 0.6 is 11.3 Å². The van der Waals surface area contributed by atoms with Crippen LogP contribution in [0.4, 0.5) is 5.82 Å². The zero-order chi connectivity index (χ0) is 15.4. The number of amides is 1. The predicted molar refractivity (Wildman–Crippen MR) is 84.4 cm³/mol. The molecule has 0 bridgehead atoms. The van der Waals surface area contributed by atoms with Crippen molar-refractivity contribution >= 4 is 23.1 Å². The Hall–Kier alpha value is -1.99. The van der Waals surface area contributed by atoms with Gasteiger partial charge in [-0.3, -0.25) is 9.78 Å². The first-order valence-corrected chi connectivity index (χ1v) is 8.10. The molecule has 3 heterocycles. The van der Waals surface area contributed by atoms with E-state index in [2.05, 4.69) is 16.0 Å². The summed E-state index contributed by atoms with van der Waals surface area (Å²) in [7, 11) is 0. The van der Waals surface area contributed by atoms with Crippen LogP contribution < -0.4 is 5.73 Å². The standard InChI is InChI=1S/C15H18N4O2S/c16-15-14(17-5-6-18-15)12-10-19(7-8-21-12)13(20)4-3-11-2-1-9-22-11/h1-2,5-6,9,12H,3-4,7-8,10H2,(H2,16,18)/t12-/m1/s1. The fourth-order valence-electron chi connectivity index (χ4n) is 2.49. The molecule has 1 amide bonds. The summed E-state index contributed by atoms with van der Waals surface area (Å²) >= 11 is 1.68. The smallest absolute Gasteiger partial charge is 0.223 e. The number of morpholine rings is 1. The van der Waals surface area contributed by atoms with Crippen LogP contribution in [0.25, 0.3) is 0 Å². The van der Waals surface area contributed by atoms with Crippen LogP contribution in [0.1, 0.15) is 23.1 Å². The summed E-state index contributed by atoms with van der Waals surface area (Å²) in [6.07, 6.45) is 4.14. The minimum absolute atomic E-state index is 0.143. The number of thiophene rings is 1. The Balaban J connectivity index is 1.60. The largest absolute Gasteiger partial charge is 0.382 e. The maximum atomic E-state index is 12.4. The number of hydrogen-bond donors (Lipinski definition) is 1. The molecule has 0 radical (unpaired) electrons. The number of hydrogen-bond acceptors (Lipinski definition) is 6. The molecule has 6 nitrogen and oxygen atoms in total. The molecule has 2 aromatic rings. The SMILES string of the molecule is Nc1nccnc1[C@H]1CN(C(=O)CCc2cccs2)CCO1. The van der Waals surface area contributed by atoms with E-state index in [-0.39, 0.29) is 12.0 Å². The van der Waals surface area contributed by atoms with Gasteiger partial charge in [-0.15, -0.1) is 11.3 Å². The van der Waals surface area contributed by atoms with Crippen LogP contribution in [0.5, 0.6) is 0 Å². The molecule has 1 atom stereocenters. The number of carbonyl (C=O) groups is 1. The van der Waals surface area contributed by atoms with Crippen LogP contribution in [0.2, 0.25) is 0 Å². The molecule has 0 aliphatic carbocycles. The van der Waals surface area contributed by atoms with Crippen LogP contribution in [0.15, 0.2) is 29.9 Å². The fraction of sp³-hybridized carbons (Fsp3) is 0.400. The lowest BCUT2D eigenvalue weighted by Gasteiger charge is -2.32. The highest BCUT2D eigenvalue weighted by Gasteiger charge is 2.27. The summed E-state index contributed by atoms with van der Waals surface area (Å²) in [6, 6.07) is 4.06. The van der Waals surface area contributed by atoms with Gasteiger partial charge in [0.15, 0.2) is 0 Å². The third-order valence-corrected chi connectivity index (χ3v) is 4.58. The molecule has 0 saturated carbocycles. The highest BCUT2D eigenvalue weighted by atomic mass is 32.1. The summed E-state index contributed by atoms with van der Waals surface area (Å²) in [5.41, 5.74) is 6.45. The van der Waals surface area contributed by atoms with Crippen LogP contribution in [0, 0.1) is 0 Å². The first-order chi connectivity index (χ1) is 10.7. The van der Waals surface area contributed by atoms with Gasteiger partial charge in [0.1, 0.15) is 17.6 Å². The molecule has 22 heavy (non-hydrogen) atoms. The normalized spacial score (nSPS) is 18.4. The first kappa shape index (κ1) is 14.9. The van der Waals surface area contributed by atoms with Crippen molar-refractivity contribution in [1.82, 2.24) is 14.9 Å². The van der Waals surface area contributed by atoms with E-state index in [4.69, 9.17) is 10.5 Å². The van der Waals surface area contributed by atoms with Crippen LogP contribution in [-0.4, -0.2) is 40.5 Å². The number of nitrogens with two attached hydrogens (primary N) is 1. The maximum absolute atomic E-state index is 12.4. The Morgan fingerprint density at radius 1 is 1.45 bits per heavy atom. The van der Waals surface area contributed by atoms with Crippen LogP contribution in [0.3, 0.4) is 0 Å². The number of nitrogens with zero attached hydrogens (tertiary/aromatic N) is 3. The quantitative estimate of drug-likeness (QED) is 0.927.